The molecular weight excluding hydrogens is 260 g/mol. The Labute approximate surface area is 130 Å². The van der Waals surface area contributed by atoms with E-state index >= 15 is 0 Å². The third kappa shape index (κ3) is 16.8. The lowest BCUT2D eigenvalue weighted by Gasteiger charge is -2.09. The summed E-state index contributed by atoms with van der Waals surface area (Å²) in [4.78, 5) is 0. The third-order valence-electron chi connectivity index (χ3n) is 3.10. The molecule has 0 heterocycles. The third-order valence-corrected chi connectivity index (χ3v) is 3.10. The molecule has 1 unspecified atom stereocenters. The molecule has 0 amide bonds. The molecule has 21 heavy (non-hydrogen) atoms. The molecule has 0 radical (unpaired) electrons. The van der Waals surface area contributed by atoms with Crippen molar-refractivity contribution in [2.24, 2.45) is 0 Å². The second-order valence-electron chi connectivity index (χ2n) is 5.10. The van der Waals surface area contributed by atoms with E-state index in [9.17, 15) is 5.11 Å². The Balaban J connectivity index is 3.35. The Kier molecular flexibility index (Phi) is 16.0. The van der Waals surface area contributed by atoms with Gasteiger partial charge in [-0.3, -0.25) is 0 Å². The van der Waals surface area contributed by atoms with Crippen LogP contribution < -0.4 is 0 Å². The van der Waals surface area contributed by atoms with Crippen molar-refractivity contribution in [1.29, 1.82) is 0 Å². The van der Waals surface area contributed by atoms with E-state index in [1.165, 1.54) is 6.42 Å². The van der Waals surface area contributed by atoms with Crippen LogP contribution in [0.5, 0.6) is 0 Å². The molecule has 0 aliphatic carbocycles. The molecule has 0 aliphatic heterocycles. The molecule has 1 N–H and O–H groups in total. The second kappa shape index (κ2) is 16.9. The molecular formula is C19H32O2. The first kappa shape index (κ1) is 19.9. The maximum absolute atomic E-state index is 9.66. The Hall–Kier alpha value is -1.12. The summed E-state index contributed by atoms with van der Waals surface area (Å²) < 4.78 is 5.32. The molecule has 0 bridgehead atoms. The second-order valence-corrected chi connectivity index (χ2v) is 5.10. The lowest BCUT2D eigenvalue weighted by atomic mass is 10.2. The molecule has 2 heteroatoms. The number of aliphatic hydroxyl groups is 1. The SMILES string of the molecule is C=CCCC/C=C/CCCC(O)OC/C=C/CCCC=C. The molecule has 0 rings (SSSR count). The van der Waals surface area contributed by atoms with Crippen molar-refractivity contribution in [3.05, 3.63) is 49.6 Å². The van der Waals surface area contributed by atoms with Crippen LogP contribution in [0.3, 0.4) is 0 Å². The molecule has 2 nitrogen and oxygen atoms in total. The number of ether oxygens (including phenoxy) is 1. The lowest BCUT2D eigenvalue weighted by molar-refractivity contribution is -0.0934. The minimum Gasteiger partial charge on any atom is -0.368 e. The number of allylic oxidation sites excluding steroid dienone is 5. The molecule has 0 spiro atoms. The summed E-state index contributed by atoms with van der Waals surface area (Å²) in [5.74, 6) is 0. The zero-order valence-corrected chi connectivity index (χ0v) is 13.4. The Morgan fingerprint density at radius 3 is 1.86 bits per heavy atom. The van der Waals surface area contributed by atoms with E-state index in [1.807, 2.05) is 18.2 Å². The van der Waals surface area contributed by atoms with Crippen molar-refractivity contribution in [2.45, 2.75) is 64.1 Å². The zero-order chi connectivity index (χ0) is 15.6. The molecule has 0 aromatic carbocycles. The molecule has 0 aliphatic rings. The van der Waals surface area contributed by atoms with Crippen LogP contribution in [-0.2, 0) is 4.74 Å². The lowest BCUT2D eigenvalue weighted by Crippen LogP contribution is -2.11. The normalized spacial score (nSPS) is 13.0. The summed E-state index contributed by atoms with van der Waals surface area (Å²) in [6.07, 6.45) is 21.0. The number of hydrogen-bond acceptors (Lipinski definition) is 2. The van der Waals surface area contributed by atoms with Crippen LogP contribution in [0.1, 0.15) is 57.8 Å². The highest BCUT2D eigenvalue weighted by atomic mass is 16.6. The number of rotatable bonds is 15. The van der Waals surface area contributed by atoms with Crippen LogP contribution in [0.25, 0.3) is 0 Å². The van der Waals surface area contributed by atoms with Gasteiger partial charge in [0, 0.05) is 0 Å². The average Bonchev–Trinajstić information content (AvgIpc) is 2.49. The summed E-state index contributed by atoms with van der Waals surface area (Å²) in [6, 6.07) is 0. The van der Waals surface area contributed by atoms with Crippen molar-refractivity contribution >= 4 is 0 Å². The van der Waals surface area contributed by atoms with Gasteiger partial charge in [0.25, 0.3) is 0 Å². The van der Waals surface area contributed by atoms with Gasteiger partial charge in [-0.25, -0.2) is 0 Å². The summed E-state index contributed by atoms with van der Waals surface area (Å²) in [7, 11) is 0. The van der Waals surface area contributed by atoms with Crippen molar-refractivity contribution in [3.8, 4) is 0 Å². The van der Waals surface area contributed by atoms with Gasteiger partial charge in [-0.15, -0.1) is 13.2 Å². The Morgan fingerprint density at radius 1 is 0.762 bits per heavy atom. The molecule has 0 fully saturated rings. The predicted octanol–water partition coefficient (Wildman–Crippen LogP) is 5.32. The number of hydrogen-bond donors (Lipinski definition) is 1. The summed E-state index contributed by atoms with van der Waals surface area (Å²) in [6.45, 7) is 7.88. The average molecular weight is 292 g/mol. The van der Waals surface area contributed by atoms with Gasteiger partial charge in [0.05, 0.1) is 6.61 Å². The summed E-state index contributed by atoms with van der Waals surface area (Å²) in [5, 5.41) is 9.66. The molecule has 0 saturated heterocycles. The van der Waals surface area contributed by atoms with Gasteiger partial charge in [0.15, 0.2) is 6.29 Å². The molecule has 1 atom stereocenters. The monoisotopic (exact) mass is 292 g/mol. The molecule has 0 aromatic heterocycles. The zero-order valence-electron chi connectivity index (χ0n) is 13.4. The van der Waals surface area contributed by atoms with Gasteiger partial charge >= 0.3 is 0 Å². The maximum Gasteiger partial charge on any atom is 0.154 e. The van der Waals surface area contributed by atoms with E-state index in [4.69, 9.17) is 4.74 Å². The maximum atomic E-state index is 9.66. The number of aliphatic hydroxyl groups excluding tert-OH is 1. The fourth-order valence-electron chi connectivity index (χ4n) is 1.84. The smallest absolute Gasteiger partial charge is 0.154 e. The minimum atomic E-state index is -0.642. The summed E-state index contributed by atoms with van der Waals surface area (Å²) >= 11 is 0. The highest BCUT2D eigenvalue weighted by Gasteiger charge is 2.01. The predicted molar refractivity (Wildman–Crippen MR) is 92.2 cm³/mol. The Morgan fingerprint density at radius 2 is 1.29 bits per heavy atom. The minimum absolute atomic E-state index is 0.493. The first-order valence-electron chi connectivity index (χ1n) is 8.12. The largest absolute Gasteiger partial charge is 0.368 e. The molecule has 120 valence electrons. The van der Waals surface area contributed by atoms with Crippen LogP contribution in [0.15, 0.2) is 49.6 Å². The van der Waals surface area contributed by atoms with Crippen molar-refractivity contribution in [3.63, 3.8) is 0 Å². The van der Waals surface area contributed by atoms with Crippen LogP contribution in [0, 0.1) is 0 Å². The van der Waals surface area contributed by atoms with Crippen molar-refractivity contribution in [1.82, 2.24) is 0 Å². The van der Waals surface area contributed by atoms with Crippen LogP contribution in [0.4, 0.5) is 0 Å². The Bertz CT molecular complexity index is 292. The van der Waals surface area contributed by atoms with Crippen molar-refractivity contribution < 1.29 is 9.84 Å². The van der Waals surface area contributed by atoms with Crippen LogP contribution in [0.2, 0.25) is 0 Å². The highest BCUT2D eigenvalue weighted by Crippen LogP contribution is 2.05. The highest BCUT2D eigenvalue weighted by molar-refractivity contribution is 4.83. The molecule has 0 aromatic rings. The fourth-order valence-corrected chi connectivity index (χ4v) is 1.84. The van der Waals surface area contributed by atoms with E-state index in [2.05, 4.69) is 31.4 Å². The van der Waals surface area contributed by atoms with Gasteiger partial charge in [0.1, 0.15) is 0 Å². The van der Waals surface area contributed by atoms with Gasteiger partial charge in [-0.1, -0.05) is 36.5 Å². The van der Waals surface area contributed by atoms with Crippen molar-refractivity contribution in [2.75, 3.05) is 6.61 Å². The van der Waals surface area contributed by atoms with E-state index in [0.29, 0.717) is 13.0 Å². The van der Waals surface area contributed by atoms with Crippen LogP contribution in [-0.4, -0.2) is 18.0 Å². The van der Waals surface area contributed by atoms with E-state index in [0.717, 1.165) is 44.9 Å². The van der Waals surface area contributed by atoms with E-state index in [1.54, 1.807) is 0 Å². The van der Waals surface area contributed by atoms with Gasteiger partial charge < -0.3 is 9.84 Å². The van der Waals surface area contributed by atoms with Gasteiger partial charge in [0.2, 0.25) is 0 Å². The van der Waals surface area contributed by atoms with Crippen LogP contribution >= 0.6 is 0 Å². The first-order chi connectivity index (χ1) is 10.3. The topological polar surface area (TPSA) is 29.5 Å². The quantitative estimate of drug-likeness (QED) is 0.251. The van der Waals surface area contributed by atoms with Gasteiger partial charge in [-0.2, -0.15) is 0 Å². The fraction of sp³-hybridized carbons (Fsp3) is 0.579. The first-order valence-corrected chi connectivity index (χ1v) is 8.12. The van der Waals surface area contributed by atoms with E-state index < -0.39 is 6.29 Å². The van der Waals surface area contributed by atoms with E-state index in [-0.39, 0.29) is 0 Å². The standard InChI is InChI=1S/C19H32O2/c1-3-5-7-9-11-12-13-15-17-19(20)21-18-16-14-10-8-6-4-2/h3-4,11-12,14,16,19-20H,1-2,5-10,13,15,17-18H2/b12-11+,16-14+. The molecule has 0 saturated carbocycles. The number of unbranched alkanes of at least 4 members (excludes halogenated alkanes) is 5. The summed E-state index contributed by atoms with van der Waals surface area (Å²) in [5.41, 5.74) is 0. The van der Waals surface area contributed by atoms with Gasteiger partial charge in [-0.05, 0) is 57.8 Å².